The molecule has 0 saturated carbocycles. The minimum atomic E-state index is -0.542. The van der Waals surface area contributed by atoms with E-state index in [-0.39, 0.29) is 0 Å². The van der Waals surface area contributed by atoms with Crippen LogP contribution >= 0.6 is 0 Å². The normalized spacial score (nSPS) is 10.0. The lowest BCUT2D eigenvalue weighted by atomic mass is 10.2. The molecule has 2 amide bonds. The summed E-state index contributed by atoms with van der Waals surface area (Å²) in [6.07, 6.45) is 3.70. The molecule has 158 valence electrons. The van der Waals surface area contributed by atoms with Crippen molar-refractivity contribution in [3.8, 4) is 11.5 Å². The van der Waals surface area contributed by atoms with Gasteiger partial charge in [-0.05, 0) is 61.4 Å². The molecule has 0 atom stereocenters. The molecule has 0 unspecified atom stereocenters. The molecule has 0 fully saturated rings. The number of nitrogens with one attached hydrogen (secondary N) is 2. The first-order chi connectivity index (χ1) is 14.6. The summed E-state index contributed by atoms with van der Waals surface area (Å²) in [7, 11) is 0. The Kier molecular flexibility index (Phi) is 9.58. The van der Waals surface area contributed by atoms with Gasteiger partial charge < -0.3 is 20.1 Å². The Balaban J connectivity index is 1.48. The molecule has 0 heterocycles. The molecule has 2 aromatic carbocycles. The van der Waals surface area contributed by atoms with Gasteiger partial charge in [0.2, 0.25) is 0 Å². The zero-order chi connectivity index (χ0) is 21.6. The molecule has 0 aliphatic carbocycles. The second kappa shape index (κ2) is 12.7. The third-order valence-corrected chi connectivity index (χ3v) is 4.10. The number of benzene rings is 2. The maximum Gasteiger partial charge on any atom is 0.412 e. The van der Waals surface area contributed by atoms with Crippen LogP contribution < -0.4 is 20.1 Å². The van der Waals surface area contributed by atoms with Crippen LogP contribution in [-0.4, -0.2) is 37.8 Å². The van der Waals surface area contributed by atoms with Crippen LogP contribution in [-0.2, 0) is 0 Å². The van der Waals surface area contributed by atoms with E-state index in [0.717, 1.165) is 38.3 Å². The van der Waals surface area contributed by atoms with Crippen molar-refractivity contribution in [2.45, 2.75) is 25.7 Å². The van der Waals surface area contributed by atoms with Gasteiger partial charge in [0.25, 0.3) is 0 Å². The molecule has 0 aliphatic heterocycles. The van der Waals surface area contributed by atoms with Crippen molar-refractivity contribution in [1.29, 1.82) is 0 Å². The molecule has 0 aromatic heterocycles. The van der Waals surface area contributed by atoms with Gasteiger partial charge in [-0.1, -0.05) is 12.8 Å². The van der Waals surface area contributed by atoms with Crippen LogP contribution in [0.25, 0.3) is 0 Å². The smallest absolute Gasteiger partial charge is 0.410 e. The monoisotopic (exact) mass is 412 g/mol. The van der Waals surface area contributed by atoms with Crippen molar-refractivity contribution in [1.82, 2.24) is 10.6 Å². The number of ether oxygens (including phenoxy) is 2. The number of carbonyl (C=O) groups excluding carboxylic acids is 4. The molecule has 0 bridgehead atoms. The molecule has 8 nitrogen and oxygen atoms in total. The van der Waals surface area contributed by atoms with E-state index in [1.54, 1.807) is 48.5 Å². The zero-order valence-corrected chi connectivity index (χ0v) is 16.5. The SMILES string of the molecule is O=Cc1ccc(OC(=O)NCCCCCCNC(=O)Oc2ccc(C=O)cc2)cc1. The highest BCUT2D eigenvalue weighted by Gasteiger charge is 2.05. The van der Waals surface area contributed by atoms with Crippen LogP contribution in [0.4, 0.5) is 9.59 Å². The molecule has 0 aliphatic rings. The van der Waals surface area contributed by atoms with Crippen molar-refractivity contribution < 1.29 is 28.7 Å². The topological polar surface area (TPSA) is 111 Å². The number of amides is 2. The lowest BCUT2D eigenvalue weighted by Gasteiger charge is -2.08. The molecular weight excluding hydrogens is 388 g/mol. The summed E-state index contributed by atoms with van der Waals surface area (Å²) in [6, 6.07) is 12.5. The van der Waals surface area contributed by atoms with Gasteiger partial charge in [-0.15, -0.1) is 0 Å². The molecule has 30 heavy (non-hydrogen) atoms. The van der Waals surface area contributed by atoms with Crippen LogP contribution in [0, 0.1) is 0 Å². The average Bonchev–Trinajstić information content (AvgIpc) is 2.76. The Morgan fingerprint density at radius 3 is 1.33 bits per heavy atom. The Bertz CT molecular complexity index is 762. The number of unbranched alkanes of at least 4 members (excludes halogenated alkanes) is 3. The number of carbonyl (C=O) groups is 4. The minimum Gasteiger partial charge on any atom is -0.410 e. The Hall–Kier alpha value is -3.68. The van der Waals surface area contributed by atoms with Crippen molar-refractivity contribution >= 4 is 24.8 Å². The fourth-order valence-electron chi connectivity index (χ4n) is 2.50. The van der Waals surface area contributed by atoms with Crippen molar-refractivity contribution in [2.75, 3.05) is 13.1 Å². The summed E-state index contributed by atoms with van der Waals surface area (Å²) in [5, 5.41) is 5.32. The summed E-state index contributed by atoms with van der Waals surface area (Å²) in [4.78, 5) is 44.5. The Morgan fingerprint density at radius 2 is 1.00 bits per heavy atom. The molecule has 8 heteroatoms. The van der Waals surface area contributed by atoms with E-state index in [4.69, 9.17) is 9.47 Å². The van der Waals surface area contributed by atoms with E-state index >= 15 is 0 Å². The summed E-state index contributed by atoms with van der Waals surface area (Å²) in [6.45, 7) is 0.967. The fourth-order valence-corrected chi connectivity index (χ4v) is 2.50. The van der Waals surface area contributed by atoms with Crippen molar-refractivity contribution in [2.24, 2.45) is 0 Å². The van der Waals surface area contributed by atoms with Gasteiger partial charge in [-0.3, -0.25) is 9.59 Å². The van der Waals surface area contributed by atoms with E-state index in [0.29, 0.717) is 35.7 Å². The molecule has 0 radical (unpaired) electrons. The molecule has 2 aromatic rings. The van der Waals surface area contributed by atoms with E-state index in [2.05, 4.69) is 10.6 Å². The largest absolute Gasteiger partial charge is 0.412 e. The first kappa shape index (κ1) is 22.6. The molecule has 2 rings (SSSR count). The highest BCUT2D eigenvalue weighted by atomic mass is 16.6. The van der Waals surface area contributed by atoms with E-state index < -0.39 is 12.2 Å². The first-order valence-corrected chi connectivity index (χ1v) is 9.62. The van der Waals surface area contributed by atoms with Gasteiger partial charge in [-0.2, -0.15) is 0 Å². The molecule has 0 saturated heterocycles. The lowest BCUT2D eigenvalue weighted by Crippen LogP contribution is -2.28. The summed E-state index contributed by atoms with van der Waals surface area (Å²) < 4.78 is 10.2. The van der Waals surface area contributed by atoms with Crippen LogP contribution in [0.5, 0.6) is 11.5 Å². The predicted molar refractivity (Wildman–Crippen MR) is 110 cm³/mol. The van der Waals surface area contributed by atoms with Gasteiger partial charge >= 0.3 is 12.2 Å². The third-order valence-electron chi connectivity index (χ3n) is 4.10. The van der Waals surface area contributed by atoms with E-state index in [1.807, 2.05) is 0 Å². The van der Waals surface area contributed by atoms with Gasteiger partial charge in [0.05, 0.1) is 0 Å². The third kappa shape index (κ3) is 8.55. The fraction of sp³-hybridized carbons (Fsp3) is 0.273. The second-order valence-corrected chi connectivity index (χ2v) is 6.42. The minimum absolute atomic E-state index is 0.371. The van der Waals surface area contributed by atoms with Crippen LogP contribution in [0.2, 0.25) is 0 Å². The molecule has 0 spiro atoms. The Morgan fingerprint density at radius 1 is 0.633 bits per heavy atom. The second-order valence-electron chi connectivity index (χ2n) is 6.42. The number of aldehydes is 2. The number of hydrogen-bond acceptors (Lipinski definition) is 6. The lowest BCUT2D eigenvalue weighted by molar-refractivity contribution is 0.111. The van der Waals surface area contributed by atoms with Gasteiger partial charge in [0.1, 0.15) is 24.1 Å². The van der Waals surface area contributed by atoms with Crippen molar-refractivity contribution in [3.63, 3.8) is 0 Å². The van der Waals surface area contributed by atoms with E-state index in [9.17, 15) is 19.2 Å². The highest BCUT2D eigenvalue weighted by molar-refractivity contribution is 5.76. The van der Waals surface area contributed by atoms with E-state index in [1.165, 1.54) is 0 Å². The summed E-state index contributed by atoms with van der Waals surface area (Å²) in [5.41, 5.74) is 1.03. The van der Waals surface area contributed by atoms with Crippen LogP contribution in [0.15, 0.2) is 48.5 Å². The number of rotatable bonds is 11. The van der Waals surface area contributed by atoms with Gasteiger partial charge in [0, 0.05) is 24.2 Å². The molecular formula is C22H24N2O6. The summed E-state index contributed by atoms with van der Waals surface area (Å²) >= 11 is 0. The number of hydrogen-bond donors (Lipinski definition) is 2. The first-order valence-electron chi connectivity index (χ1n) is 9.62. The van der Waals surface area contributed by atoms with Crippen LogP contribution in [0.3, 0.4) is 0 Å². The average molecular weight is 412 g/mol. The summed E-state index contributed by atoms with van der Waals surface area (Å²) in [5.74, 6) is 0.742. The van der Waals surface area contributed by atoms with Crippen LogP contribution in [0.1, 0.15) is 46.4 Å². The highest BCUT2D eigenvalue weighted by Crippen LogP contribution is 2.12. The standard InChI is InChI=1S/C22H24N2O6/c25-15-17-5-9-19(10-6-17)29-21(27)23-13-3-1-2-4-14-24-22(28)30-20-11-7-18(16-26)8-12-20/h5-12,15-16H,1-4,13-14H2,(H,23,27)(H,24,28). The van der Waals surface area contributed by atoms with Gasteiger partial charge in [0.15, 0.2) is 0 Å². The Labute approximate surface area is 174 Å². The zero-order valence-electron chi connectivity index (χ0n) is 16.5. The molecule has 2 N–H and O–H groups in total. The van der Waals surface area contributed by atoms with Gasteiger partial charge in [-0.25, -0.2) is 9.59 Å². The maximum absolute atomic E-state index is 11.7. The quantitative estimate of drug-likeness (QED) is 0.430. The maximum atomic E-state index is 11.7. The van der Waals surface area contributed by atoms with Crippen molar-refractivity contribution in [3.05, 3.63) is 59.7 Å². The predicted octanol–water partition coefficient (Wildman–Crippen LogP) is 3.75.